The number of carboxylic acid groups (broad SMARTS) is 1. The second-order valence-corrected chi connectivity index (χ2v) is 6.37. The molecule has 0 saturated carbocycles. The molecule has 0 spiro atoms. The van der Waals surface area contributed by atoms with E-state index in [9.17, 15) is 9.90 Å². The summed E-state index contributed by atoms with van der Waals surface area (Å²) in [7, 11) is 1.61. The predicted octanol–water partition coefficient (Wildman–Crippen LogP) is 2.26. The molecular weight excluding hydrogens is 346 g/mol. The number of nitrogens with zero attached hydrogens (tertiary/aromatic N) is 5. The molecule has 1 aromatic carbocycles. The van der Waals surface area contributed by atoms with Crippen LogP contribution in [0.5, 0.6) is 0 Å². The summed E-state index contributed by atoms with van der Waals surface area (Å²) < 4.78 is 7.15. The largest absolute Gasteiger partial charge is 0.465 e. The molecule has 1 amide bonds. The zero-order chi connectivity index (χ0) is 18.0. The van der Waals surface area contributed by atoms with Crippen LogP contribution in [-0.4, -0.2) is 63.7 Å². The maximum absolute atomic E-state index is 11.3. The zero-order valence-corrected chi connectivity index (χ0v) is 14.8. The molecule has 1 aromatic heterocycles. The second kappa shape index (κ2) is 7.28. The molecule has 134 valence electrons. The summed E-state index contributed by atoms with van der Waals surface area (Å²) in [5, 5.41) is 18.5. The highest BCUT2D eigenvalue weighted by Crippen LogP contribution is 2.24. The lowest BCUT2D eigenvalue weighted by molar-refractivity contribution is 0.122. The lowest BCUT2D eigenvalue weighted by Crippen LogP contribution is -2.54. The van der Waals surface area contributed by atoms with Crippen molar-refractivity contribution in [3.8, 4) is 5.69 Å². The quantitative estimate of drug-likeness (QED) is 0.894. The fourth-order valence-corrected chi connectivity index (χ4v) is 3.14. The predicted molar refractivity (Wildman–Crippen MR) is 93.5 cm³/mol. The van der Waals surface area contributed by atoms with Gasteiger partial charge < -0.3 is 19.6 Å². The van der Waals surface area contributed by atoms with Gasteiger partial charge in [-0.1, -0.05) is 11.6 Å². The Hall–Kier alpha value is -2.32. The smallest absolute Gasteiger partial charge is 0.407 e. The van der Waals surface area contributed by atoms with Crippen LogP contribution in [0.2, 0.25) is 5.02 Å². The van der Waals surface area contributed by atoms with Gasteiger partial charge in [0.2, 0.25) is 5.95 Å². The number of hydrogen-bond donors (Lipinski definition) is 1. The Morgan fingerprint density at radius 2 is 2.04 bits per heavy atom. The van der Waals surface area contributed by atoms with Crippen LogP contribution in [0, 0.1) is 0 Å². The molecule has 9 heteroatoms. The van der Waals surface area contributed by atoms with Crippen molar-refractivity contribution < 1.29 is 14.6 Å². The minimum atomic E-state index is -0.897. The van der Waals surface area contributed by atoms with Gasteiger partial charge in [-0.25, -0.2) is 4.79 Å². The van der Waals surface area contributed by atoms with Crippen LogP contribution < -0.4 is 4.90 Å². The lowest BCUT2D eigenvalue weighted by atomic mass is 10.2. The summed E-state index contributed by atoms with van der Waals surface area (Å²) in [6.45, 7) is 3.73. The number of aromatic nitrogens is 3. The molecule has 2 aromatic rings. The van der Waals surface area contributed by atoms with Gasteiger partial charge in [-0.15, -0.1) is 10.2 Å². The maximum atomic E-state index is 11.3. The highest BCUT2D eigenvalue weighted by atomic mass is 35.5. The van der Waals surface area contributed by atoms with Crippen molar-refractivity contribution in [1.29, 1.82) is 0 Å². The topological polar surface area (TPSA) is 83.7 Å². The summed E-state index contributed by atoms with van der Waals surface area (Å²) in [6, 6.07) is 7.27. The lowest BCUT2D eigenvalue weighted by Gasteiger charge is -2.38. The van der Waals surface area contributed by atoms with Gasteiger partial charge in [-0.2, -0.15) is 0 Å². The third kappa shape index (κ3) is 3.54. The van der Waals surface area contributed by atoms with Gasteiger partial charge in [0.05, 0.1) is 5.69 Å². The first-order chi connectivity index (χ1) is 12.0. The normalized spacial score (nSPS) is 17.8. The monoisotopic (exact) mass is 365 g/mol. The molecule has 2 heterocycles. The summed E-state index contributed by atoms with van der Waals surface area (Å²) in [5.74, 6) is 1.35. The van der Waals surface area contributed by atoms with E-state index in [0.29, 0.717) is 43.0 Å². The number of benzene rings is 1. The van der Waals surface area contributed by atoms with Gasteiger partial charge in [0.15, 0.2) is 5.82 Å². The van der Waals surface area contributed by atoms with Gasteiger partial charge in [0.1, 0.15) is 6.61 Å². The van der Waals surface area contributed by atoms with Crippen LogP contribution >= 0.6 is 11.6 Å². The molecule has 3 rings (SSSR count). The number of rotatable bonds is 4. The van der Waals surface area contributed by atoms with Gasteiger partial charge in [-0.05, 0) is 31.2 Å². The SMILES string of the molecule is COCc1nnc(N2CCN(C(=O)O)C(C)C2)n1-c1ccc(Cl)cc1. The number of ether oxygens (including phenoxy) is 1. The maximum Gasteiger partial charge on any atom is 0.407 e. The molecule has 1 N–H and O–H groups in total. The van der Waals surface area contributed by atoms with Crippen molar-refractivity contribution >= 4 is 23.6 Å². The van der Waals surface area contributed by atoms with Crippen LogP contribution in [0.25, 0.3) is 5.69 Å². The molecule has 0 aliphatic carbocycles. The van der Waals surface area contributed by atoms with Crippen LogP contribution in [0.15, 0.2) is 24.3 Å². The van der Waals surface area contributed by atoms with E-state index in [1.54, 1.807) is 7.11 Å². The van der Waals surface area contributed by atoms with Crippen molar-refractivity contribution in [3.05, 3.63) is 35.1 Å². The van der Waals surface area contributed by atoms with Crippen molar-refractivity contribution in [1.82, 2.24) is 19.7 Å². The van der Waals surface area contributed by atoms with Crippen molar-refractivity contribution in [2.24, 2.45) is 0 Å². The zero-order valence-electron chi connectivity index (χ0n) is 14.1. The van der Waals surface area contributed by atoms with E-state index in [1.807, 2.05) is 40.7 Å². The van der Waals surface area contributed by atoms with Gasteiger partial charge >= 0.3 is 6.09 Å². The van der Waals surface area contributed by atoms with E-state index in [-0.39, 0.29) is 6.04 Å². The fourth-order valence-electron chi connectivity index (χ4n) is 3.01. The van der Waals surface area contributed by atoms with E-state index in [0.717, 1.165) is 5.69 Å². The number of anilines is 1. The second-order valence-electron chi connectivity index (χ2n) is 5.93. The average molecular weight is 366 g/mol. The van der Waals surface area contributed by atoms with E-state index >= 15 is 0 Å². The third-order valence-corrected chi connectivity index (χ3v) is 4.48. The molecule has 8 nitrogen and oxygen atoms in total. The molecular formula is C16H20ClN5O3. The number of amides is 1. The first-order valence-electron chi connectivity index (χ1n) is 7.95. The molecule has 1 saturated heterocycles. The molecule has 1 unspecified atom stereocenters. The summed E-state index contributed by atoms with van der Waals surface area (Å²) >= 11 is 5.99. The van der Waals surface area contributed by atoms with Crippen molar-refractivity contribution in [2.75, 3.05) is 31.6 Å². The Labute approximate surface area is 150 Å². The van der Waals surface area contributed by atoms with Gasteiger partial charge in [-0.3, -0.25) is 4.57 Å². The number of halogens is 1. The summed E-state index contributed by atoms with van der Waals surface area (Å²) in [6.07, 6.45) is -0.897. The first-order valence-corrected chi connectivity index (χ1v) is 8.32. The highest BCUT2D eigenvalue weighted by molar-refractivity contribution is 6.30. The Balaban J connectivity index is 1.94. The van der Waals surface area contributed by atoms with Crippen LogP contribution in [0.3, 0.4) is 0 Å². The van der Waals surface area contributed by atoms with Crippen molar-refractivity contribution in [2.45, 2.75) is 19.6 Å². The average Bonchev–Trinajstić information content (AvgIpc) is 2.99. The Bertz CT molecular complexity index is 749. The van der Waals surface area contributed by atoms with Crippen molar-refractivity contribution in [3.63, 3.8) is 0 Å². The van der Waals surface area contributed by atoms with Crippen LogP contribution in [0.4, 0.5) is 10.7 Å². The standard InChI is InChI=1S/C16H20ClN5O3/c1-11-9-20(7-8-21(11)16(23)24)15-19-18-14(10-25-2)22(15)13-5-3-12(17)4-6-13/h3-6,11H,7-10H2,1-2H3,(H,23,24). The van der Waals surface area contributed by atoms with Crippen LogP contribution in [-0.2, 0) is 11.3 Å². The Morgan fingerprint density at radius 1 is 1.32 bits per heavy atom. The van der Waals surface area contributed by atoms with E-state index in [2.05, 4.69) is 10.2 Å². The molecule has 1 aliphatic rings. The fraction of sp³-hybridized carbons (Fsp3) is 0.438. The molecule has 1 fully saturated rings. The molecule has 1 atom stereocenters. The molecule has 1 aliphatic heterocycles. The van der Waals surface area contributed by atoms with E-state index in [1.165, 1.54) is 4.90 Å². The van der Waals surface area contributed by atoms with Gasteiger partial charge in [0.25, 0.3) is 0 Å². The molecule has 25 heavy (non-hydrogen) atoms. The number of piperazine rings is 1. The summed E-state index contributed by atoms with van der Waals surface area (Å²) in [5.41, 5.74) is 0.879. The van der Waals surface area contributed by atoms with Crippen LogP contribution in [0.1, 0.15) is 12.7 Å². The Kier molecular flexibility index (Phi) is 5.10. The van der Waals surface area contributed by atoms with Gasteiger partial charge in [0, 0.05) is 37.8 Å². The van der Waals surface area contributed by atoms with E-state index < -0.39 is 6.09 Å². The van der Waals surface area contributed by atoms with E-state index in [4.69, 9.17) is 16.3 Å². The summed E-state index contributed by atoms with van der Waals surface area (Å²) in [4.78, 5) is 14.7. The highest BCUT2D eigenvalue weighted by Gasteiger charge is 2.30. The minimum absolute atomic E-state index is 0.132. The molecule has 0 bridgehead atoms. The number of carbonyl (C=O) groups is 1. The minimum Gasteiger partial charge on any atom is -0.465 e. The first kappa shape index (κ1) is 17.5. The molecule has 0 radical (unpaired) electrons. The number of methoxy groups -OCH3 is 1. The number of hydrogen-bond acceptors (Lipinski definition) is 5. The third-order valence-electron chi connectivity index (χ3n) is 4.23. The Morgan fingerprint density at radius 3 is 2.64 bits per heavy atom.